The molecule has 0 aromatic carbocycles. The van der Waals surface area contributed by atoms with E-state index in [1.807, 2.05) is 5.43 Å². The van der Waals surface area contributed by atoms with Crippen molar-refractivity contribution in [2.45, 2.75) is 51.7 Å². The number of nitrogens with two attached hydrogens (primary N) is 1. The summed E-state index contributed by atoms with van der Waals surface area (Å²) in [4.78, 5) is 13.8. The van der Waals surface area contributed by atoms with Crippen LogP contribution in [0.3, 0.4) is 0 Å². The first-order valence-electron chi connectivity index (χ1n) is 6.78. The molecule has 2 atom stereocenters. The van der Waals surface area contributed by atoms with Gasteiger partial charge in [0.2, 0.25) is 0 Å². The number of piperidine rings is 1. The molecule has 2 rings (SSSR count). The lowest BCUT2D eigenvalue weighted by Crippen LogP contribution is -2.45. The van der Waals surface area contributed by atoms with Gasteiger partial charge in [0.1, 0.15) is 0 Å². The first-order chi connectivity index (χ1) is 9.11. The summed E-state index contributed by atoms with van der Waals surface area (Å²) >= 11 is 0. The number of rotatable bonds is 4. The van der Waals surface area contributed by atoms with E-state index in [4.69, 9.17) is 5.84 Å². The van der Waals surface area contributed by atoms with Gasteiger partial charge in [-0.1, -0.05) is 11.6 Å². The maximum atomic E-state index is 11.3. The zero-order valence-electron chi connectivity index (χ0n) is 11.5. The summed E-state index contributed by atoms with van der Waals surface area (Å²) < 4.78 is 1.69. The molecule has 1 amide bonds. The van der Waals surface area contributed by atoms with Crippen LogP contribution in [0.25, 0.3) is 0 Å². The van der Waals surface area contributed by atoms with Crippen molar-refractivity contribution in [2.75, 3.05) is 6.54 Å². The van der Waals surface area contributed by atoms with E-state index < -0.39 is 5.91 Å². The molecule has 0 bridgehead atoms. The number of aromatic nitrogens is 3. The van der Waals surface area contributed by atoms with Crippen molar-refractivity contribution in [1.82, 2.24) is 25.3 Å². The third-order valence-corrected chi connectivity index (χ3v) is 3.87. The summed E-state index contributed by atoms with van der Waals surface area (Å²) in [6.45, 7) is 6.20. The zero-order chi connectivity index (χ0) is 13.8. The maximum Gasteiger partial charge on any atom is 0.287 e. The Bertz CT molecular complexity index is 422. The fourth-order valence-corrected chi connectivity index (χ4v) is 2.72. The van der Waals surface area contributed by atoms with Gasteiger partial charge in [0.25, 0.3) is 5.91 Å². The second kappa shape index (κ2) is 6.12. The first kappa shape index (κ1) is 14.0. The lowest BCUT2D eigenvalue weighted by atomic mass is 9.98. The molecule has 1 aromatic rings. The maximum absolute atomic E-state index is 11.3. The van der Waals surface area contributed by atoms with Gasteiger partial charge in [-0.3, -0.25) is 19.8 Å². The van der Waals surface area contributed by atoms with Gasteiger partial charge in [0.05, 0.1) is 12.7 Å². The molecule has 0 radical (unpaired) electrons. The van der Waals surface area contributed by atoms with Crippen molar-refractivity contribution >= 4 is 5.91 Å². The molecular weight excluding hydrogens is 244 g/mol. The van der Waals surface area contributed by atoms with Crippen LogP contribution in [-0.2, 0) is 6.54 Å². The average molecular weight is 266 g/mol. The highest BCUT2D eigenvalue weighted by Gasteiger charge is 2.24. The molecule has 7 heteroatoms. The van der Waals surface area contributed by atoms with Crippen LogP contribution in [0.4, 0.5) is 0 Å². The molecular formula is C12H22N6O. The molecule has 0 aliphatic carbocycles. The van der Waals surface area contributed by atoms with Crippen molar-refractivity contribution < 1.29 is 4.79 Å². The number of hydrogen-bond donors (Lipinski definition) is 2. The van der Waals surface area contributed by atoms with Crippen molar-refractivity contribution in [2.24, 2.45) is 5.84 Å². The van der Waals surface area contributed by atoms with Gasteiger partial charge in [-0.05, 0) is 26.7 Å². The van der Waals surface area contributed by atoms with Crippen molar-refractivity contribution in [3.05, 3.63) is 11.9 Å². The van der Waals surface area contributed by atoms with Crippen LogP contribution in [0, 0.1) is 0 Å². The number of amides is 1. The molecule has 1 aliphatic rings. The normalized spacial score (nSPS) is 24.4. The number of nitrogens with zero attached hydrogens (tertiary/aromatic N) is 4. The third-order valence-electron chi connectivity index (χ3n) is 3.87. The van der Waals surface area contributed by atoms with Crippen LogP contribution in [0.2, 0.25) is 0 Å². The molecule has 1 aromatic heterocycles. The Balaban J connectivity index is 1.91. The van der Waals surface area contributed by atoms with E-state index in [1.54, 1.807) is 10.9 Å². The Morgan fingerprint density at radius 1 is 1.42 bits per heavy atom. The van der Waals surface area contributed by atoms with Crippen molar-refractivity contribution in [3.63, 3.8) is 0 Å². The van der Waals surface area contributed by atoms with Crippen LogP contribution in [0.1, 0.15) is 43.6 Å². The quantitative estimate of drug-likeness (QED) is 0.460. The van der Waals surface area contributed by atoms with Gasteiger partial charge in [-0.15, -0.1) is 5.10 Å². The highest BCUT2D eigenvalue weighted by molar-refractivity contribution is 5.91. The molecule has 1 fully saturated rings. The van der Waals surface area contributed by atoms with Crippen molar-refractivity contribution in [3.8, 4) is 0 Å². The molecule has 0 saturated carbocycles. The fourth-order valence-electron chi connectivity index (χ4n) is 2.72. The number of likely N-dealkylation sites (tertiary alicyclic amines) is 1. The summed E-state index contributed by atoms with van der Waals surface area (Å²) in [7, 11) is 0. The van der Waals surface area contributed by atoms with E-state index in [0.29, 0.717) is 12.1 Å². The number of nitrogens with one attached hydrogen (secondary N) is 1. The van der Waals surface area contributed by atoms with Crippen molar-refractivity contribution in [1.29, 1.82) is 0 Å². The van der Waals surface area contributed by atoms with E-state index >= 15 is 0 Å². The summed E-state index contributed by atoms with van der Waals surface area (Å²) in [6, 6.07) is 1.22. The molecule has 106 valence electrons. The van der Waals surface area contributed by atoms with E-state index in [1.165, 1.54) is 19.3 Å². The Hall–Kier alpha value is -1.47. The molecule has 0 spiro atoms. The molecule has 7 nitrogen and oxygen atoms in total. The minimum absolute atomic E-state index is 0.252. The van der Waals surface area contributed by atoms with E-state index in [0.717, 1.165) is 13.1 Å². The van der Waals surface area contributed by atoms with Crippen LogP contribution in [0.5, 0.6) is 0 Å². The predicted molar refractivity (Wildman–Crippen MR) is 71.2 cm³/mol. The first-order valence-corrected chi connectivity index (χ1v) is 6.78. The summed E-state index contributed by atoms with van der Waals surface area (Å²) in [5.74, 6) is 4.64. The summed E-state index contributed by atoms with van der Waals surface area (Å²) in [5, 5.41) is 7.73. The fraction of sp³-hybridized carbons (Fsp3) is 0.750. The van der Waals surface area contributed by atoms with E-state index in [9.17, 15) is 4.79 Å². The summed E-state index contributed by atoms with van der Waals surface area (Å²) in [6.07, 6.45) is 5.44. The third kappa shape index (κ3) is 3.30. The minimum atomic E-state index is -0.411. The van der Waals surface area contributed by atoms with Gasteiger partial charge < -0.3 is 0 Å². The molecule has 2 unspecified atom stereocenters. The van der Waals surface area contributed by atoms with Gasteiger partial charge in [-0.25, -0.2) is 5.84 Å². The van der Waals surface area contributed by atoms with Gasteiger partial charge in [0, 0.05) is 18.6 Å². The Kier molecular flexibility index (Phi) is 4.49. The number of carbonyl (C=O) groups excluding carboxylic acids is 1. The molecule has 3 N–H and O–H groups in total. The van der Waals surface area contributed by atoms with Crippen LogP contribution in [0.15, 0.2) is 6.20 Å². The Labute approximate surface area is 113 Å². The second-order valence-electron chi connectivity index (χ2n) is 5.21. The van der Waals surface area contributed by atoms with Gasteiger partial charge in [0.15, 0.2) is 5.69 Å². The topological polar surface area (TPSA) is 89.1 Å². The highest BCUT2D eigenvalue weighted by Crippen LogP contribution is 2.21. The number of hydrazine groups is 1. The molecule has 2 heterocycles. The average Bonchev–Trinajstić information content (AvgIpc) is 2.86. The van der Waals surface area contributed by atoms with Gasteiger partial charge in [-0.2, -0.15) is 0 Å². The van der Waals surface area contributed by atoms with Crippen LogP contribution in [-0.4, -0.2) is 44.4 Å². The summed E-state index contributed by atoms with van der Waals surface area (Å²) in [5.41, 5.74) is 2.30. The SMILES string of the molecule is CC1CCCC(C)N1CCn1cc(C(=O)NN)nn1. The molecule has 19 heavy (non-hydrogen) atoms. The monoisotopic (exact) mass is 266 g/mol. The number of hydrogen-bond acceptors (Lipinski definition) is 5. The highest BCUT2D eigenvalue weighted by atomic mass is 16.2. The van der Waals surface area contributed by atoms with Crippen LogP contribution >= 0.6 is 0 Å². The van der Waals surface area contributed by atoms with E-state index in [2.05, 4.69) is 29.1 Å². The van der Waals surface area contributed by atoms with Gasteiger partial charge >= 0.3 is 0 Å². The number of nitrogen functional groups attached to an aromatic ring is 1. The largest absolute Gasteiger partial charge is 0.296 e. The zero-order valence-corrected chi connectivity index (χ0v) is 11.5. The Morgan fingerprint density at radius 3 is 2.74 bits per heavy atom. The lowest BCUT2D eigenvalue weighted by Gasteiger charge is -2.38. The standard InChI is InChI=1S/C12H22N6O/c1-9-4-3-5-10(2)18(9)7-6-17-8-11(15-16-17)12(19)14-13/h8-10H,3-7,13H2,1-2H3,(H,14,19). The number of carbonyl (C=O) groups is 1. The minimum Gasteiger partial charge on any atom is -0.296 e. The molecule has 1 saturated heterocycles. The Morgan fingerprint density at radius 2 is 2.11 bits per heavy atom. The molecule has 1 aliphatic heterocycles. The predicted octanol–water partition coefficient (Wildman–Crippen LogP) is 0.145. The second-order valence-corrected chi connectivity index (χ2v) is 5.21. The van der Waals surface area contributed by atoms with Crippen LogP contribution < -0.4 is 11.3 Å². The lowest BCUT2D eigenvalue weighted by molar-refractivity contribution is 0.0947. The smallest absolute Gasteiger partial charge is 0.287 e. The van der Waals surface area contributed by atoms with E-state index in [-0.39, 0.29) is 5.69 Å².